The third kappa shape index (κ3) is 5.71. The molecule has 0 heterocycles. The van der Waals surface area contributed by atoms with Gasteiger partial charge >= 0.3 is 16.1 Å². The second kappa shape index (κ2) is 8.72. The van der Waals surface area contributed by atoms with E-state index in [1.54, 1.807) is 19.1 Å². The summed E-state index contributed by atoms with van der Waals surface area (Å²) in [7, 11) is -3.79. The van der Waals surface area contributed by atoms with E-state index < -0.39 is 27.3 Å². The zero-order valence-corrected chi connectivity index (χ0v) is 14.4. The van der Waals surface area contributed by atoms with E-state index in [4.69, 9.17) is 9.29 Å². The maximum atomic E-state index is 12.3. The standard InChI is InChI=1S/C17H24O5S/c1-4-6-7-8-16(5-2)23(20,21)22-15-11-9-14(10-12-15)13(3)17(18)19/h5,9-13,16H,2,4,6-8H2,1,3H3,(H,18,19)/t13?,16-/m0/s1. The lowest BCUT2D eigenvalue weighted by Gasteiger charge is -2.15. The van der Waals surface area contributed by atoms with E-state index in [0.717, 1.165) is 19.3 Å². The second-order valence-corrected chi connectivity index (χ2v) is 7.23. The highest BCUT2D eigenvalue weighted by Crippen LogP contribution is 2.23. The van der Waals surface area contributed by atoms with E-state index in [1.807, 2.05) is 6.92 Å². The van der Waals surface area contributed by atoms with Gasteiger partial charge in [0, 0.05) is 0 Å². The number of carboxylic acids is 1. The fourth-order valence-corrected chi connectivity index (χ4v) is 3.32. The molecule has 0 aliphatic rings. The van der Waals surface area contributed by atoms with Crippen LogP contribution in [0.15, 0.2) is 36.9 Å². The molecule has 2 atom stereocenters. The van der Waals surface area contributed by atoms with E-state index in [9.17, 15) is 13.2 Å². The van der Waals surface area contributed by atoms with E-state index in [2.05, 4.69) is 6.58 Å². The van der Waals surface area contributed by atoms with Gasteiger partial charge in [0.05, 0.1) is 5.92 Å². The summed E-state index contributed by atoms with van der Waals surface area (Å²) in [6, 6.07) is 6.06. The molecule has 5 nitrogen and oxygen atoms in total. The van der Waals surface area contributed by atoms with Crippen molar-refractivity contribution in [1.82, 2.24) is 0 Å². The lowest BCUT2D eigenvalue weighted by atomic mass is 10.0. The largest absolute Gasteiger partial charge is 0.481 e. The summed E-state index contributed by atoms with van der Waals surface area (Å²) in [5.74, 6) is -1.42. The summed E-state index contributed by atoms with van der Waals surface area (Å²) in [6.45, 7) is 7.20. The Morgan fingerprint density at radius 3 is 2.39 bits per heavy atom. The van der Waals surface area contributed by atoms with E-state index in [1.165, 1.54) is 18.2 Å². The maximum absolute atomic E-state index is 12.3. The van der Waals surface area contributed by atoms with Gasteiger partial charge in [-0.15, -0.1) is 6.58 Å². The Kier molecular flexibility index (Phi) is 7.29. The monoisotopic (exact) mass is 340 g/mol. The lowest BCUT2D eigenvalue weighted by molar-refractivity contribution is -0.138. The van der Waals surface area contributed by atoms with Gasteiger partial charge in [-0.2, -0.15) is 8.42 Å². The number of hydrogen-bond donors (Lipinski definition) is 1. The van der Waals surface area contributed by atoms with E-state index >= 15 is 0 Å². The molecule has 0 spiro atoms. The fraction of sp³-hybridized carbons (Fsp3) is 0.471. The Hall–Kier alpha value is -1.82. The molecule has 1 aromatic carbocycles. The molecule has 0 amide bonds. The molecule has 1 aromatic rings. The van der Waals surface area contributed by atoms with Crippen LogP contribution in [0.2, 0.25) is 0 Å². The van der Waals surface area contributed by atoms with Crippen LogP contribution in [-0.4, -0.2) is 24.7 Å². The quantitative estimate of drug-likeness (QED) is 0.399. The van der Waals surface area contributed by atoms with Crippen LogP contribution < -0.4 is 4.18 Å². The molecule has 23 heavy (non-hydrogen) atoms. The third-order valence-corrected chi connectivity index (χ3v) is 5.28. The smallest absolute Gasteiger partial charge is 0.315 e. The molecule has 0 saturated heterocycles. The molecule has 0 bridgehead atoms. The Labute approximate surface area is 138 Å². The zero-order valence-electron chi connectivity index (χ0n) is 13.6. The molecular formula is C17H24O5S. The molecule has 1 N–H and O–H groups in total. The minimum absolute atomic E-state index is 0.175. The van der Waals surface area contributed by atoms with E-state index in [-0.39, 0.29) is 5.75 Å². The van der Waals surface area contributed by atoms with Crippen molar-refractivity contribution >= 4 is 16.1 Å². The highest BCUT2D eigenvalue weighted by Gasteiger charge is 2.24. The highest BCUT2D eigenvalue weighted by atomic mass is 32.2. The predicted molar refractivity (Wildman–Crippen MR) is 90.2 cm³/mol. The molecule has 0 radical (unpaired) electrons. The molecule has 1 unspecified atom stereocenters. The molecular weight excluding hydrogens is 316 g/mol. The Balaban J connectivity index is 2.80. The van der Waals surface area contributed by atoms with Gasteiger partial charge in [0.25, 0.3) is 0 Å². The average Bonchev–Trinajstić information content (AvgIpc) is 2.51. The number of benzene rings is 1. The first kappa shape index (κ1) is 19.2. The molecule has 6 heteroatoms. The van der Waals surface area contributed by atoms with Gasteiger partial charge in [-0.25, -0.2) is 0 Å². The highest BCUT2D eigenvalue weighted by molar-refractivity contribution is 7.87. The van der Waals surface area contributed by atoms with Crippen molar-refractivity contribution in [3.63, 3.8) is 0 Å². The van der Waals surface area contributed by atoms with Crippen molar-refractivity contribution in [2.45, 2.75) is 50.7 Å². The molecule has 0 saturated carbocycles. The van der Waals surface area contributed by atoms with Gasteiger partial charge in [0.2, 0.25) is 0 Å². The van der Waals surface area contributed by atoms with Crippen LogP contribution in [-0.2, 0) is 14.9 Å². The number of hydrogen-bond acceptors (Lipinski definition) is 4. The molecule has 128 valence electrons. The SMILES string of the molecule is C=C[C@@H](CCCCC)S(=O)(=O)Oc1ccc(C(C)C(=O)O)cc1. The van der Waals surface area contributed by atoms with Crippen LogP contribution in [0.4, 0.5) is 0 Å². The van der Waals surface area contributed by atoms with Gasteiger partial charge in [-0.3, -0.25) is 4.79 Å². The summed E-state index contributed by atoms with van der Waals surface area (Å²) in [5.41, 5.74) is 0.588. The number of carbonyl (C=O) groups is 1. The minimum atomic E-state index is -3.79. The molecule has 0 fully saturated rings. The van der Waals surface area contributed by atoms with Gasteiger partial charge in [0.1, 0.15) is 11.0 Å². The van der Waals surface area contributed by atoms with Crippen LogP contribution >= 0.6 is 0 Å². The summed E-state index contributed by atoms with van der Waals surface area (Å²) in [6.07, 6.45) is 4.64. The Bertz CT molecular complexity index is 619. The number of carboxylic acid groups (broad SMARTS) is 1. The van der Waals surface area contributed by atoms with Gasteiger partial charge in [0.15, 0.2) is 0 Å². The fourth-order valence-electron chi connectivity index (χ4n) is 2.13. The number of aliphatic carboxylic acids is 1. The molecule has 1 rings (SSSR count). The van der Waals surface area contributed by atoms with Gasteiger partial charge in [-0.1, -0.05) is 44.4 Å². The van der Waals surface area contributed by atoms with Crippen molar-refractivity contribution in [2.24, 2.45) is 0 Å². The maximum Gasteiger partial charge on any atom is 0.315 e. The second-order valence-electron chi connectivity index (χ2n) is 5.48. The van der Waals surface area contributed by atoms with Crippen molar-refractivity contribution < 1.29 is 22.5 Å². The summed E-state index contributed by atoms with van der Waals surface area (Å²) < 4.78 is 29.7. The number of rotatable bonds is 10. The van der Waals surface area contributed by atoms with Crippen LogP contribution in [0.3, 0.4) is 0 Å². The predicted octanol–water partition coefficient (Wildman–Crippen LogP) is 3.72. The average molecular weight is 340 g/mol. The summed E-state index contributed by atoms with van der Waals surface area (Å²) in [5, 5.41) is 8.22. The number of unbranched alkanes of at least 4 members (excludes halogenated alkanes) is 2. The summed E-state index contributed by atoms with van der Waals surface area (Å²) in [4.78, 5) is 10.9. The molecule has 0 aliphatic carbocycles. The Morgan fingerprint density at radius 1 is 1.30 bits per heavy atom. The van der Waals surface area contributed by atoms with Crippen LogP contribution in [0.1, 0.15) is 51.0 Å². The first-order chi connectivity index (χ1) is 10.8. The molecule has 0 aromatic heterocycles. The normalized spacial score (nSPS) is 14.0. The van der Waals surface area contributed by atoms with Crippen molar-refractivity contribution in [3.05, 3.63) is 42.5 Å². The zero-order chi connectivity index (χ0) is 17.5. The van der Waals surface area contributed by atoms with Crippen LogP contribution in [0, 0.1) is 0 Å². The summed E-state index contributed by atoms with van der Waals surface area (Å²) >= 11 is 0. The first-order valence-corrected chi connectivity index (χ1v) is 9.17. The molecule has 0 aliphatic heterocycles. The topological polar surface area (TPSA) is 80.7 Å². The van der Waals surface area contributed by atoms with Crippen molar-refractivity contribution in [1.29, 1.82) is 0 Å². The van der Waals surface area contributed by atoms with Gasteiger partial charge in [-0.05, 0) is 31.0 Å². The van der Waals surface area contributed by atoms with Gasteiger partial charge < -0.3 is 9.29 Å². The lowest BCUT2D eigenvalue weighted by Crippen LogP contribution is -2.24. The Morgan fingerprint density at radius 2 is 1.91 bits per heavy atom. The van der Waals surface area contributed by atoms with Crippen molar-refractivity contribution in [2.75, 3.05) is 0 Å². The minimum Gasteiger partial charge on any atom is -0.481 e. The van der Waals surface area contributed by atoms with Crippen molar-refractivity contribution in [3.8, 4) is 5.75 Å². The first-order valence-electron chi connectivity index (χ1n) is 7.70. The van der Waals surface area contributed by atoms with Crippen LogP contribution in [0.5, 0.6) is 5.75 Å². The van der Waals surface area contributed by atoms with Crippen LogP contribution in [0.25, 0.3) is 0 Å². The van der Waals surface area contributed by atoms with E-state index in [0.29, 0.717) is 12.0 Å². The third-order valence-electron chi connectivity index (χ3n) is 3.69.